The summed E-state index contributed by atoms with van der Waals surface area (Å²) in [5.41, 5.74) is 0.954. The van der Waals surface area contributed by atoms with Crippen LogP contribution in [0.1, 0.15) is 36.0 Å². The number of nitrogens with zero attached hydrogens (tertiary/aromatic N) is 2. The number of aliphatic carboxylic acids is 1. The number of Topliss-reactive ketones (excluding diaryl/α,β-unsaturated/α-hetero) is 1. The third-order valence-electron chi connectivity index (χ3n) is 6.27. The lowest BCUT2D eigenvalue weighted by atomic mass is 10.1. The molecule has 1 aromatic carbocycles. The van der Waals surface area contributed by atoms with Crippen LogP contribution in [0.5, 0.6) is 0 Å². The van der Waals surface area contributed by atoms with Crippen molar-refractivity contribution in [3.63, 3.8) is 0 Å². The molecule has 2 heterocycles. The Kier molecular flexibility index (Phi) is 10.2. The van der Waals surface area contributed by atoms with Gasteiger partial charge in [0.2, 0.25) is 17.6 Å². The second kappa shape index (κ2) is 13.8. The van der Waals surface area contributed by atoms with Crippen molar-refractivity contribution >= 4 is 52.3 Å². The number of fused-ring (bicyclic) bond motifs is 1. The van der Waals surface area contributed by atoms with Crippen molar-refractivity contribution in [1.29, 1.82) is 0 Å². The normalized spacial score (nSPS) is 15.1. The lowest BCUT2D eigenvalue weighted by Gasteiger charge is -2.23. The Balaban J connectivity index is 1.52. The molecule has 4 N–H and O–H groups in total. The molecule has 0 spiro atoms. The highest BCUT2D eigenvalue weighted by molar-refractivity contribution is 6.38. The van der Waals surface area contributed by atoms with Gasteiger partial charge in [0.1, 0.15) is 12.1 Å². The number of rotatable bonds is 12. The predicted molar refractivity (Wildman–Crippen MR) is 138 cm³/mol. The Morgan fingerprint density at radius 2 is 1.82 bits per heavy atom. The molecule has 0 unspecified atom stereocenters. The van der Waals surface area contributed by atoms with Gasteiger partial charge < -0.3 is 30.7 Å². The van der Waals surface area contributed by atoms with E-state index in [0.717, 1.165) is 7.11 Å². The Hall–Kier alpha value is -4.88. The fraction of sp³-hybridized carbons (Fsp3) is 0.385. The second-order valence-electron chi connectivity index (χ2n) is 8.93. The number of hydrogen-bond acceptors (Lipinski definition) is 9. The van der Waals surface area contributed by atoms with Gasteiger partial charge in [-0.1, -0.05) is 18.2 Å². The summed E-state index contributed by atoms with van der Waals surface area (Å²) >= 11 is 0. The zero-order valence-corrected chi connectivity index (χ0v) is 21.7. The fourth-order valence-electron chi connectivity index (χ4n) is 4.29. The number of hydrogen-bond donors (Lipinski definition) is 4. The number of nitrogens with one attached hydrogen (secondary N) is 3. The number of esters is 1. The van der Waals surface area contributed by atoms with E-state index in [1.807, 2.05) is 0 Å². The number of carboxylic acid groups (broad SMARTS) is 1. The van der Waals surface area contributed by atoms with Gasteiger partial charge in [0, 0.05) is 24.5 Å². The van der Waals surface area contributed by atoms with Gasteiger partial charge >= 0.3 is 11.9 Å². The number of benzene rings is 1. The zero-order valence-electron chi connectivity index (χ0n) is 21.7. The first-order valence-electron chi connectivity index (χ1n) is 12.4. The van der Waals surface area contributed by atoms with Gasteiger partial charge in [-0.15, -0.1) is 0 Å². The monoisotopic (exact) mass is 555 g/mol. The van der Waals surface area contributed by atoms with E-state index in [1.165, 1.54) is 17.2 Å². The number of methoxy groups -OCH3 is 1. The van der Waals surface area contributed by atoms with Gasteiger partial charge in [-0.2, -0.15) is 0 Å². The van der Waals surface area contributed by atoms with Crippen molar-refractivity contribution in [2.24, 2.45) is 0 Å². The number of para-hydroxylation sites is 1. The summed E-state index contributed by atoms with van der Waals surface area (Å²) < 4.78 is 4.54. The zero-order chi connectivity index (χ0) is 29.2. The average Bonchev–Trinajstić information content (AvgIpc) is 3.45. The lowest BCUT2D eigenvalue weighted by Crippen LogP contribution is -2.51. The Morgan fingerprint density at radius 3 is 2.55 bits per heavy atom. The summed E-state index contributed by atoms with van der Waals surface area (Å²) in [5.74, 6) is -5.95. The van der Waals surface area contributed by atoms with E-state index in [0.29, 0.717) is 22.9 Å². The molecule has 0 radical (unpaired) electrons. The molecule has 14 nitrogen and oxygen atoms in total. The number of ether oxygens (including phenoxy) is 1. The number of likely N-dealkylation sites (tertiary alicyclic amines) is 1. The van der Waals surface area contributed by atoms with Gasteiger partial charge in [-0.05, 0) is 31.4 Å². The highest BCUT2D eigenvalue weighted by Crippen LogP contribution is 2.19. The molecule has 0 bridgehead atoms. The van der Waals surface area contributed by atoms with Crippen molar-refractivity contribution in [2.75, 3.05) is 26.7 Å². The van der Waals surface area contributed by atoms with Crippen LogP contribution in [0.15, 0.2) is 36.5 Å². The van der Waals surface area contributed by atoms with Crippen molar-refractivity contribution in [1.82, 2.24) is 25.8 Å². The Morgan fingerprint density at radius 1 is 1.07 bits per heavy atom. The highest BCUT2D eigenvalue weighted by Gasteiger charge is 2.37. The number of carboxylic acids is 1. The quantitative estimate of drug-likeness (QED) is 0.189. The van der Waals surface area contributed by atoms with Gasteiger partial charge in [0.15, 0.2) is 0 Å². The standard InChI is InChI=1S/C26H29N5O9/c1-40-26(39)18(8-9-22(34)35)30-20(32)13-28-25(38)23(36)19-7-4-12-31(19)21(33)14-29-24(37)16-10-11-27-17-6-3-2-5-15(16)17/h2-3,5-6,10-11,18-19H,4,7-9,12-14H2,1H3,(H,28,38)(H,29,37)(H,30,32)(H,34,35)/t18-,19-/m0/s1. The third kappa shape index (κ3) is 7.58. The number of pyridine rings is 1. The molecule has 0 aliphatic carbocycles. The first-order valence-corrected chi connectivity index (χ1v) is 12.4. The maximum Gasteiger partial charge on any atom is 0.328 e. The topological polar surface area (TPSA) is 201 Å². The third-order valence-corrected chi connectivity index (χ3v) is 6.27. The van der Waals surface area contributed by atoms with Crippen LogP contribution in [0, 0.1) is 0 Å². The van der Waals surface area contributed by atoms with Crippen molar-refractivity contribution in [3.05, 3.63) is 42.1 Å². The summed E-state index contributed by atoms with van der Waals surface area (Å²) in [7, 11) is 1.07. The van der Waals surface area contributed by atoms with Crippen molar-refractivity contribution in [3.8, 4) is 0 Å². The van der Waals surface area contributed by atoms with Crippen LogP contribution in [0.25, 0.3) is 10.9 Å². The number of ketones is 1. The molecule has 4 amide bonds. The van der Waals surface area contributed by atoms with E-state index in [2.05, 4.69) is 25.7 Å². The molecule has 1 saturated heterocycles. The number of carbonyl (C=O) groups is 7. The van der Waals surface area contributed by atoms with Crippen LogP contribution in [-0.2, 0) is 33.5 Å². The number of carbonyl (C=O) groups excluding carboxylic acids is 6. The minimum Gasteiger partial charge on any atom is -0.481 e. The maximum absolute atomic E-state index is 12.8. The summed E-state index contributed by atoms with van der Waals surface area (Å²) in [6.45, 7) is -0.849. The summed E-state index contributed by atoms with van der Waals surface area (Å²) in [4.78, 5) is 90.9. The summed E-state index contributed by atoms with van der Waals surface area (Å²) in [5, 5.41) is 16.4. The second-order valence-corrected chi connectivity index (χ2v) is 8.93. The van der Waals surface area contributed by atoms with Crippen LogP contribution in [0.2, 0.25) is 0 Å². The van der Waals surface area contributed by atoms with Gasteiger partial charge in [0.05, 0.1) is 31.3 Å². The molecule has 2 atom stereocenters. The van der Waals surface area contributed by atoms with Crippen LogP contribution in [0.4, 0.5) is 0 Å². The predicted octanol–water partition coefficient (Wildman–Crippen LogP) is -0.836. The Bertz CT molecular complexity index is 1320. The Labute approximate surface area is 228 Å². The van der Waals surface area contributed by atoms with E-state index in [9.17, 15) is 33.6 Å². The molecule has 3 rings (SSSR count). The highest BCUT2D eigenvalue weighted by atomic mass is 16.5. The first-order chi connectivity index (χ1) is 19.1. The molecule has 1 fully saturated rings. The SMILES string of the molecule is COC(=O)[C@H](CCC(=O)O)NC(=O)CNC(=O)C(=O)[C@@H]1CCCN1C(=O)CNC(=O)c1ccnc2ccccc12. The molecule has 40 heavy (non-hydrogen) atoms. The van der Waals surface area contributed by atoms with Gasteiger partial charge in [-0.3, -0.25) is 33.8 Å². The maximum atomic E-state index is 12.8. The molecular formula is C26H29N5O9. The number of amides is 4. The summed E-state index contributed by atoms with van der Waals surface area (Å²) in [6, 6.07) is 6.26. The minimum atomic E-state index is -1.25. The average molecular weight is 556 g/mol. The summed E-state index contributed by atoms with van der Waals surface area (Å²) in [6.07, 6.45) is 1.54. The molecule has 1 aliphatic heterocycles. The first kappa shape index (κ1) is 29.7. The van der Waals surface area contributed by atoms with Crippen LogP contribution in [0.3, 0.4) is 0 Å². The van der Waals surface area contributed by atoms with E-state index < -0.39 is 72.9 Å². The smallest absolute Gasteiger partial charge is 0.328 e. The molecule has 0 saturated carbocycles. The van der Waals surface area contributed by atoms with Gasteiger partial charge in [-0.25, -0.2) is 4.79 Å². The van der Waals surface area contributed by atoms with E-state index >= 15 is 0 Å². The van der Waals surface area contributed by atoms with Crippen LogP contribution in [-0.4, -0.2) is 95.2 Å². The van der Waals surface area contributed by atoms with Crippen LogP contribution < -0.4 is 16.0 Å². The molecule has 1 aliphatic rings. The minimum absolute atomic E-state index is 0.210. The van der Waals surface area contributed by atoms with Crippen molar-refractivity contribution in [2.45, 2.75) is 37.8 Å². The van der Waals surface area contributed by atoms with E-state index in [4.69, 9.17) is 5.11 Å². The van der Waals surface area contributed by atoms with Crippen LogP contribution >= 0.6 is 0 Å². The molecule has 14 heteroatoms. The van der Waals surface area contributed by atoms with E-state index in [1.54, 1.807) is 24.3 Å². The molecule has 1 aromatic heterocycles. The fourth-order valence-corrected chi connectivity index (χ4v) is 4.29. The lowest BCUT2D eigenvalue weighted by molar-refractivity contribution is -0.146. The largest absolute Gasteiger partial charge is 0.481 e. The van der Waals surface area contributed by atoms with Gasteiger partial charge in [0.25, 0.3) is 11.8 Å². The molecule has 2 aromatic rings. The van der Waals surface area contributed by atoms with E-state index in [-0.39, 0.29) is 19.4 Å². The number of aromatic nitrogens is 1. The molecule has 212 valence electrons. The van der Waals surface area contributed by atoms with Crippen molar-refractivity contribution < 1.29 is 43.4 Å². The molecular weight excluding hydrogens is 526 g/mol.